The van der Waals surface area contributed by atoms with Gasteiger partial charge in [-0.15, -0.1) is 16.8 Å². The van der Waals surface area contributed by atoms with Crippen molar-refractivity contribution >= 4 is 35.0 Å². The molecule has 0 bridgehead atoms. The number of carbonyl (C=O) groups is 1. The standard InChI is InChI=1S/C19H23ClN4OS/c1-3-11-24-18(14-7-4-5-8-14)22-23-19(24)26-12-17(25)21-16-10-6-9-15(20)13(16)2/h3,6,9-10,14H,1,4-5,7-8,11-12H2,2H3,(H,21,25). The monoisotopic (exact) mass is 390 g/mol. The first-order chi connectivity index (χ1) is 12.6. The molecular weight excluding hydrogens is 368 g/mol. The van der Waals surface area contributed by atoms with Crippen LogP contribution in [0.5, 0.6) is 0 Å². The Labute approximate surface area is 163 Å². The molecule has 1 amide bonds. The van der Waals surface area contributed by atoms with Crippen molar-refractivity contribution in [3.05, 3.63) is 47.3 Å². The highest BCUT2D eigenvalue weighted by molar-refractivity contribution is 7.99. The Hall–Kier alpha value is -1.79. The maximum Gasteiger partial charge on any atom is 0.234 e. The van der Waals surface area contributed by atoms with Crippen molar-refractivity contribution in [2.45, 2.75) is 50.2 Å². The lowest BCUT2D eigenvalue weighted by atomic mass is 10.1. The molecule has 7 heteroatoms. The van der Waals surface area contributed by atoms with Crippen LogP contribution < -0.4 is 5.32 Å². The predicted molar refractivity (Wildman–Crippen MR) is 107 cm³/mol. The molecule has 1 aliphatic carbocycles. The van der Waals surface area contributed by atoms with Gasteiger partial charge in [-0.3, -0.25) is 4.79 Å². The van der Waals surface area contributed by atoms with Crippen LogP contribution in [0.2, 0.25) is 5.02 Å². The minimum absolute atomic E-state index is 0.0871. The highest BCUT2D eigenvalue weighted by atomic mass is 35.5. The van der Waals surface area contributed by atoms with Crippen molar-refractivity contribution in [3.63, 3.8) is 0 Å². The van der Waals surface area contributed by atoms with Crippen molar-refractivity contribution in [3.8, 4) is 0 Å². The van der Waals surface area contributed by atoms with Gasteiger partial charge in [0, 0.05) is 23.2 Å². The van der Waals surface area contributed by atoms with Crippen molar-refractivity contribution in [1.82, 2.24) is 14.8 Å². The van der Waals surface area contributed by atoms with Crippen molar-refractivity contribution in [2.75, 3.05) is 11.1 Å². The molecule has 0 aliphatic heterocycles. The molecule has 1 heterocycles. The number of hydrogen-bond donors (Lipinski definition) is 1. The molecule has 2 aromatic rings. The zero-order valence-corrected chi connectivity index (χ0v) is 16.4. The van der Waals surface area contributed by atoms with E-state index in [4.69, 9.17) is 11.6 Å². The molecule has 0 radical (unpaired) electrons. The van der Waals surface area contributed by atoms with Gasteiger partial charge in [0.05, 0.1) is 5.75 Å². The molecule has 0 spiro atoms. The number of amides is 1. The molecule has 26 heavy (non-hydrogen) atoms. The van der Waals surface area contributed by atoms with Crippen LogP contribution in [0.4, 0.5) is 5.69 Å². The number of allylic oxidation sites excluding steroid dienone is 1. The zero-order valence-electron chi connectivity index (χ0n) is 14.9. The van der Waals surface area contributed by atoms with Crippen molar-refractivity contribution < 1.29 is 4.79 Å². The normalized spacial score (nSPS) is 14.5. The van der Waals surface area contributed by atoms with E-state index in [-0.39, 0.29) is 11.7 Å². The summed E-state index contributed by atoms with van der Waals surface area (Å²) < 4.78 is 2.09. The average Bonchev–Trinajstić information content (AvgIpc) is 3.27. The van der Waals surface area contributed by atoms with Gasteiger partial charge in [-0.2, -0.15) is 0 Å². The van der Waals surface area contributed by atoms with Gasteiger partial charge in [0.25, 0.3) is 0 Å². The average molecular weight is 391 g/mol. The van der Waals surface area contributed by atoms with Crippen molar-refractivity contribution in [1.29, 1.82) is 0 Å². The molecule has 1 saturated carbocycles. The fraction of sp³-hybridized carbons (Fsp3) is 0.421. The van der Waals surface area contributed by atoms with E-state index in [9.17, 15) is 4.79 Å². The van der Waals surface area contributed by atoms with Gasteiger partial charge in [-0.25, -0.2) is 0 Å². The molecule has 3 rings (SSSR count). The van der Waals surface area contributed by atoms with E-state index >= 15 is 0 Å². The molecule has 138 valence electrons. The maximum atomic E-state index is 12.3. The first kappa shape index (κ1) is 19.0. The van der Waals surface area contributed by atoms with Crippen molar-refractivity contribution in [2.24, 2.45) is 0 Å². The fourth-order valence-corrected chi connectivity index (χ4v) is 4.18. The molecule has 1 fully saturated rings. The van der Waals surface area contributed by atoms with E-state index in [1.807, 2.05) is 31.2 Å². The Bertz CT molecular complexity index is 799. The van der Waals surface area contributed by atoms with Gasteiger partial charge < -0.3 is 9.88 Å². The summed E-state index contributed by atoms with van der Waals surface area (Å²) in [5.41, 5.74) is 1.60. The summed E-state index contributed by atoms with van der Waals surface area (Å²) in [5, 5.41) is 13.0. The van der Waals surface area contributed by atoms with E-state index < -0.39 is 0 Å². The highest BCUT2D eigenvalue weighted by Crippen LogP contribution is 2.34. The third-order valence-electron chi connectivity index (χ3n) is 4.65. The first-order valence-electron chi connectivity index (χ1n) is 8.82. The van der Waals surface area contributed by atoms with Gasteiger partial charge in [0.1, 0.15) is 5.82 Å². The van der Waals surface area contributed by atoms with Gasteiger partial charge >= 0.3 is 0 Å². The number of benzene rings is 1. The number of hydrogen-bond acceptors (Lipinski definition) is 4. The van der Waals surface area contributed by atoms with Crippen LogP contribution >= 0.6 is 23.4 Å². The van der Waals surface area contributed by atoms with Crippen LogP contribution in [-0.2, 0) is 11.3 Å². The van der Waals surface area contributed by atoms with E-state index in [1.54, 1.807) is 0 Å². The topological polar surface area (TPSA) is 59.8 Å². The molecular formula is C19H23ClN4OS. The van der Waals surface area contributed by atoms with Crippen LogP contribution in [0.15, 0.2) is 36.0 Å². The van der Waals surface area contributed by atoms with Gasteiger partial charge in [0.2, 0.25) is 5.91 Å². The van der Waals surface area contributed by atoms with Gasteiger partial charge in [0.15, 0.2) is 5.16 Å². The van der Waals surface area contributed by atoms with E-state index in [0.717, 1.165) is 35.1 Å². The smallest absolute Gasteiger partial charge is 0.234 e. The number of rotatable bonds is 7. The van der Waals surface area contributed by atoms with Crippen LogP contribution in [0.1, 0.15) is 43.0 Å². The molecule has 1 aliphatic rings. The van der Waals surface area contributed by atoms with E-state index in [0.29, 0.717) is 17.5 Å². The number of carbonyl (C=O) groups excluding carboxylic acids is 1. The van der Waals surface area contributed by atoms with Crippen LogP contribution in [0.25, 0.3) is 0 Å². The lowest BCUT2D eigenvalue weighted by Crippen LogP contribution is -2.15. The minimum atomic E-state index is -0.0871. The van der Waals surface area contributed by atoms with Crippen LogP contribution in [-0.4, -0.2) is 26.4 Å². The maximum absolute atomic E-state index is 12.3. The number of halogens is 1. The molecule has 0 saturated heterocycles. The third kappa shape index (κ3) is 4.30. The summed E-state index contributed by atoms with van der Waals surface area (Å²) in [6, 6.07) is 5.48. The second-order valence-corrected chi connectivity index (χ2v) is 7.82. The second kappa shape index (κ2) is 8.73. The first-order valence-corrected chi connectivity index (χ1v) is 10.2. The van der Waals surface area contributed by atoms with Crippen LogP contribution in [0, 0.1) is 6.92 Å². The summed E-state index contributed by atoms with van der Waals surface area (Å²) in [6.07, 6.45) is 6.66. The number of anilines is 1. The van der Waals surface area contributed by atoms with Crippen LogP contribution in [0.3, 0.4) is 0 Å². The number of nitrogens with zero attached hydrogens (tertiary/aromatic N) is 3. The summed E-state index contributed by atoms with van der Waals surface area (Å²) in [7, 11) is 0. The second-order valence-electron chi connectivity index (χ2n) is 6.47. The summed E-state index contributed by atoms with van der Waals surface area (Å²) in [4.78, 5) is 12.3. The minimum Gasteiger partial charge on any atom is -0.325 e. The zero-order chi connectivity index (χ0) is 18.5. The lowest BCUT2D eigenvalue weighted by molar-refractivity contribution is -0.113. The summed E-state index contributed by atoms with van der Waals surface area (Å²) >= 11 is 7.50. The molecule has 1 N–H and O–H groups in total. The largest absolute Gasteiger partial charge is 0.325 e. The summed E-state index contributed by atoms with van der Waals surface area (Å²) in [6.45, 7) is 6.39. The predicted octanol–water partition coefficient (Wildman–Crippen LogP) is 4.81. The lowest BCUT2D eigenvalue weighted by Gasteiger charge is -2.12. The molecule has 5 nitrogen and oxygen atoms in total. The Kier molecular flexibility index (Phi) is 6.38. The number of thioether (sulfide) groups is 1. The molecule has 1 aromatic carbocycles. The molecule has 1 aromatic heterocycles. The highest BCUT2D eigenvalue weighted by Gasteiger charge is 2.24. The van der Waals surface area contributed by atoms with Gasteiger partial charge in [-0.05, 0) is 37.5 Å². The number of aromatic nitrogens is 3. The van der Waals surface area contributed by atoms with E-state index in [1.165, 1.54) is 24.6 Å². The fourth-order valence-electron chi connectivity index (χ4n) is 3.25. The number of nitrogens with one attached hydrogen (secondary N) is 1. The SMILES string of the molecule is C=CCn1c(SCC(=O)Nc2cccc(Cl)c2C)nnc1C1CCCC1. The quantitative estimate of drug-likeness (QED) is 0.544. The van der Waals surface area contributed by atoms with E-state index in [2.05, 4.69) is 26.7 Å². The molecule has 0 atom stereocenters. The van der Waals surface area contributed by atoms with Gasteiger partial charge in [-0.1, -0.05) is 48.3 Å². The third-order valence-corrected chi connectivity index (χ3v) is 6.03. The Balaban J connectivity index is 1.66. The molecule has 0 unspecified atom stereocenters. The summed E-state index contributed by atoms with van der Waals surface area (Å²) in [5.74, 6) is 1.68. The Morgan fingerprint density at radius 1 is 1.42 bits per heavy atom. The Morgan fingerprint density at radius 2 is 2.19 bits per heavy atom. The Morgan fingerprint density at radius 3 is 2.92 bits per heavy atom.